The quantitative estimate of drug-likeness (QED) is 0.448. The minimum Gasteiger partial charge on any atom is -0.307 e. The number of imide groups is 1. The normalized spacial score (nSPS) is 37.1. The van der Waals surface area contributed by atoms with Gasteiger partial charge in [-0.25, -0.2) is 4.79 Å². The molecule has 1 aliphatic heterocycles. The second-order valence-corrected chi connectivity index (χ2v) is 13.3. The Balaban J connectivity index is 1.44. The molecule has 1 aromatic rings. The number of carbonyl (C=O) groups excluding carboxylic acids is 2. The van der Waals surface area contributed by atoms with Gasteiger partial charge in [0.1, 0.15) is 0 Å². The molecule has 34 heavy (non-hydrogen) atoms. The third-order valence-corrected chi connectivity index (χ3v) is 10.1. The van der Waals surface area contributed by atoms with Crippen molar-refractivity contribution in [2.45, 2.75) is 91.0 Å². The first-order valence-corrected chi connectivity index (χ1v) is 13.5. The monoisotopic (exact) mass is 482 g/mol. The lowest BCUT2D eigenvalue weighted by Gasteiger charge is -2.59. The fourth-order valence-corrected chi connectivity index (χ4v) is 8.35. The molecular formula is C29H39ClN2O2. The lowest BCUT2D eigenvalue weighted by atomic mass is 9.48. The lowest BCUT2D eigenvalue weighted by Crippen LogP contribution is -2.62. The number of carbonyl (C=O) groups is 2. The second kappa shape index (κ2) is 8.11. The predicted octanol–water partition coefficient (Wildman–Crippen LogP) is 7.57. The minimum atomic E-state index is -0.335. The maximum absolute atomic E-state index is 13.7. The van der Waals surface area contributed by atoms with E-state index in [0.29, 0.717) is 28.0 Å². The van der Waals surface area contributed by atoms with Gasteiger partial charge in [0.2, 0.25) is 0 Å². The highest BCUT2D eigenvalue weighted by Gasteiger charge is 2.59. The van der Waals surface area contributed by atoms with Crippen molar-refractivity contribution < 1.29 is 9.59 Å². The van der Waals surface area contributed by atoms with Crippen LogP contribution in [0.4, 0.5) is 10.5 Å². The fraction of sp³-hybridized carbons (Fsp3) is 0.655. The molecular weight excluding hydrogens is 444 g/mol. The lowest BCUT2D eigenvalue weighted by molar-refractivity contribution is -0.134. The van der Waals surface area contributed by atoms with Gasteiger partial charge < -0.3 is 5.32 Å². The number of hydrogen-bond donors (Lipinski definition) is 1. The Hall–Kier alpha value is -1.81. The van der Waals surface area contributed by atoms with Crippen molar-refractivity contribution in [3.63, 3.8) is 0 Å². The van der Waals surface area contributed by atoms with Crippen LogP contribution in [-0.2, 0) is 10.2 Å². The first-order valence-electron chi connectivity index (χ1n) is 13.1. The Morgan fingerprint density at radius 3 is 2.59 bits per heavy atom. The number of fused-ring (bicyclic) bond motifs is 5. The number of amides is 3. The highest BCUT2D eigenvalue weighted by atomic mass is 35.5. The van der Waals surface area contributed by atoms with Gasteiger partial charge in [-0.15, -0.1) is 0 Å². The van der Waals surface area contributed by atoms with E-state index in [4.69, 9.17) is 11.6 Å². The molecule has 0 bridgehead atoms. The molecule has 184 valence electrons. The van der Waals surface area contributed by atoms with Crippen LogP contribution in [0, 0.1) is 28.6 Å². The summed E-state index contributed by atoms with van der Waals surface area (Å²) >= 11 is 6.29. The van der Waals surface area contributed by atoms with E-state index in [0.717, 1.165) is 24.3 Å². The number of nitrogens with zero attached hydrogens (tertiary/aromatic N) is 1. The molecule has 0 spiro atoms. The molecule has 1 aromatic carbocycles. The molecule has 0 aromatic heterocycles. The van der Waals surface area contributed by atoms with E-state index in [9.17, 15) is 9.59 Å². The summed E-state index contributed by atoms with van der Waals surface area (Å²) in [5, 5.41) is 3.64. The van der Waals surface area contributed by atoms with E-state index in [-0.39, 0.29) is 28.8 Å². The van der Waals surface area contributed by atoms with Crippen LogP contribution in [-0.4, -0.2) is 22.9 Å². The van der Waals surface area contributed by atoms with Crippen molar-refractivity contribution in [2.75, 3.05) is 5.32 Å². The highest BCUT2D eigenvalue weighted by Crippen LogP contribution is 2.64. The number of benzene rings is 1. The first-order chi connectivity index (χ1) is 15.9. The van der Waals surface area contributed by atoms with Crippen molar-refractivity contribution in [1.29, 1.82) is 0 Å². The maximum atomic E-state index is 13.7. The molecule has 3 aliphatic carbocycles. The number of hydrogen-bond acceptors (Lipinski definition) is 2. The summed E-state index contributed by atoms with van der Waals surface area (Å²) in [6.45, 7) is 11.1. The number of rotatable bonds is 1. The van der Waals surface area contributed by atoms with Crippen LogP contribution in [0.2, 0.25) is 5.02 Å². The third kappa shape index (κ3) is 3.72. The van der Waals surface area contributed by atoms with Gasteiger partial charge in [0, 0.05) is 22.2 Å². The zero-order chi connectivity index (χ0) is 24.5. The van der Waals surface area contributed by atoms with E-state index >= 15 is 0 Å². The Morgan fingerprint density at radius 1 is 1.09 bits per heavy atom. The number of nitrogens with one attached hydrogen (secondary N) is 1. The van der Waals surface area contributed by atoms with Gasteiger partial charge >= 0.3 is 6.03 Å². The minimum absolute atomic E-state index is 0.103. The summed E-state index contributed by atoms with van der Waals surface area (Å²) in [4.78, 5) is 28.3. The second-order valence-electron chi connectivity index (χ2n) is 12.8. The largest absolute Gasteiger partial charge is 0.329 e. The summed E-state index contributed by atoms with van der Waals surface area (Å²) < 4.78 is 0. The van der Waals surface area contributed by atoms with Crippen LogP contribution in [0.15, 0.2) is 30.4 Å². The SMILES string of the molecule is CC(C)(C)c1ccc(Cl)cc1NC(=O)N1C(=O)C=C[C@]2(C)[C@H]3CC[C@]4(C)CCC[C@H]4[C@@H]3CC[C@@H]12. The Kier molecular flexibility index (Phi) is 5.71. The molecule has 3 saturated carbocycles. The molecule has 5 heteroatoms. The highest BCUT2D eigenvalue weighted by molar-refractivity contribution is 6.31. The van der Waals surface area contributed by atoms with Crippen molar-refractivity contribution in [3.05, 3.63) is 40.9 Å². The zero-order valence-electron chi connectivity index (χ0n) is 21.3. The van der Waals surface area contributed by atoms with Crippen molar-refractivity contribution in [2.24, 2.45) is 28.6 Å². The van der Waals surface area contributed by atoms with Gasteiger partial charge in [0.05, 0.1) is 6.04 Å². The van der Waals surface area contributed by atoms with Gasteiger partial charge in [-0.1, -0.05) is 64.8 Å². The smallest absolute Gasteiger partial charge is 0.307 e. The summed E-state index contributed by atoms with van der Waals surface area (Å²) in [7, 11) is 0. The maximum Gasteiger partial charge on any atom is 0.329 e. The Morgan fingerprint density at radius 2 is 1.85 bits per heavy atom. The topological polar surface area (TPSA) is 49.4 Å². The molecule has 4 aliphatic rings. The van der Waals surface area contributed by atoms with Gasteiger partial charge in [-0.05, 0) is 84.8 Å². The Bertz CT molecular complexity index is 1040. The molecule has 4 nitrogen and oxygen atoms in total. The first kappa shape index (κ1) is 23.9. The van der Waals surface area contributed by atoms with Crippen LogP contribution in [0.3, 0.4) is 0 Å². The van der Waals surface area contributed by atoms with Crippen LogP contribution in [0.25, 0.3) is 0 Å². The van der Waals surface area contributed by atoms with Gasteiger partial charge in [-0.3, -0.25) is 9.69 Å². The van der Waals surface area contributed by atoms with Crippen molar-refractivity contribution >= 4 is 29.2 Å². The molecule has 3 fully saturated rings. The summed E-state index contributed by atoms with van der Waals surface area (Å²) in [6.07, 6.45) is 12.3. The van der Waals surface area contributed by atoms with E-state index < -0.39 is 0 Å². The fourth-order valence-electron chi connectivity index (χ4n) is 8.18. The average molecular weight is 483 g/mol. The van der Waals surface area contributed by atoms with Gasteiger partial charge in [-0.2, -0.15) is 0 Å². The van der Waals surface area contributed by atoms with Gasteiger partial charge in [0.15, 0.2) is 0 Å². The molecule has 0 saturated heterocycles. The van der Waals surface area contributed by atoms with E-state index in [1.54, 1.807) is 12.1 Å². The van der Waals surface area contributed by atoms with Crippen LogP contribution in [0.1, 0.15) is 85.1 Å². The molecule has 0 unspecified atom stereocenters. The number of anilines is 1. The number of halogens is 1. The summed E-state index contributed by atoms with van der Waals surface area (Å²) in [6, 6.07) is 5.17. The molecule has 1 heterocycles. The predicted molar refractivity (Wildman–Crippen MR) is 138 cm³/mol. The van der Waals surface area contributed by atoms with Gasteiger partial charge in [0.25, 0.3) is 5.91 Å². The average Bonchev–Trinajstić information content (AvgIpc) is 3.15. The van der Waals surface area contributed by atoms with Crippen molar-refractivity contribution in [1.82, 2.24) is 4.90 Å². The summed E-state index contributed by atoms with van der Waals surface area (Å²) in [5.74, 6) is 1.81. The molecule has 0 radical (unpaired) electrons. The molecule has 5 rings (SSSR count). The third-order valence-electron chi connectivity index (χ3n) is 9.89. The number of urea groups is 1. The van der Waals surface area contributed by atoms with Crippen LogP contribution in [0.5, 0.6) is 0 Å². The van der Waals surface area contributed by atoms with E-state index in [1.807, 2.05) is 12.1 Å². The van der Waals surface area contributed by atoms with E-state index in [1.165, 1.54) is 37.0 Å². The Labute approximate surface area is 209 Å². The van der Waals surface area contributed by atoms with Crippen LogP contribution >= 0.6 is 11.6 Å². The molecule has 6 atom stereocenters. The van der Waals surface area contributed by atoms with Crippen LogP contribution < -0.4 is 5.32 Å². The molecule has 3 amide bonds. The molecule has 1 N–H and O–H groups in total. The standard InChI is InChI=1S/C29H39ClN2O2/c1-27(2,3)22-10-8-18(30)17-23(22)31-26(34)32-24-11-9-19-20-7-6-14-28(20,4)15-12-21(19)29(24,5)16-13-25(32)33/h8,10,13,16-17,19-21,24H,6-7,9,11-12,14-15H2,1-5H3,(H,31,34)/t19-,20-,21-,24+,28-,29+/m0/s1. The zero-order valence-corrected chi connectivity index (χ0v) is 22.0. The van der Waals surface area contributed by atoms with E-state index in [2.05, 4.69) is 46.0 Å². The summed E-state index contributed by atoms with van der Waals surface area (Å²) in [5.41, 5.74) is 1.85. The van der Waals surface area contributed by atoms with Crippen molar-refractivity contribution in [3.8, 4) is 0 Å².